The third kappa shape index (κ3) is 4.85. The molecule has 0 aliphatic heterocycles. The van der Waals surface area contributed by atoms with Crippen LogP contribution in [0.1, 0.15) is 18.5 Å². The molecule has 0 radical (unpaired) electrons. The molecule has 0 aliphatic rings. The van der Waals surface area contributed by atoms with Crippen molar-refractivity contribution in [2.24, 2.45) is 0 Å². The van der Waals surface area contributed by atoms with Crippen LogP contribution < -0.4 is 5.32 Å². The Morgan fingerprint density at radius 3 is 2.56 bits per heavy atom. The molecule has 0 fully saturated rings. The van der Waals surface area contributed by atoms with Gasteiger partial charge in [0.15, 0.2) is 0 Å². The van der Waals surface area contributed by atoms with Crippen molar-refractivity contribution >= 4 is 5.97 Å². The van der Waals surface area contributed by atoms with Crippen molar-refractivity contribution in [3.05, 3.63) is 35.9 Å². The number of carbonyl (C=O) groups is 1. The zero-order valence-electron chi connectivity index (χ0n) is 11.3. The maximum Gasteiger partial charge on any atom is 0.327 e. The highest BCUT2D eigenvalue weighted by Crippen LogP contribution is 2.14. The predicted octanol–water partition coefficient (Wildman–Crippen LogP) is 1.44. The summed E-state index contributed by atoms with van der Waals surface area (Å²) >= 11 is 0. The van der Waals surface area contributed by atoms with Crippen LogP contribution in [0.5, 0.6) is 0 Å². The first-order chi connectivity index (χ1) is 8.65. The number of hydrogen-bond acceptors (Lipinski definition) is 4. The van der Waals surface area contributed by atoms with Crippen LogP contribution >= 0.6 is 0 Å². The molecule has 4 heteroatoms. The number of ether oxygens (including phenoxy) is 1. The summed E-state index contributed by atoms with van der Waals surface area (Å²) in [6.07, 6.45) is 0. The molecule has 0 heterocycles. The second kappa shape index (κ2) is 7.84. The first-order valence-corrected chi connectivity index (χ1v) is 6.24. The van der Waals surface area contributed by atoms with Gasteiger partial charge in [-0.2, -0.15) is 0 Å². The number of nitrogens with zero attached hydrogens (tertiary/aromatic N) is 1. The van der Waals surface area contributed by atoms with Gasteiger partial charge >= 0.3 is 5.97 Å². The van der Waals surface area contributed by atoms with Crippen LogP contribution in [0, 0.1) is 0 Å². The van der Waals surface area contributed by atoms with Gasteiger partial charge in [-0.15, -0.1) is 0 Å². The minimum absolute atomic E-state index is 0.220. The highest BCUT2D eigenvalue weighted by atomic mass is 16.5. The molecule has 0 amide bonds. The fraction of sp³-hybridized carbons (Fsp3) is 0.500. The van der Waals surface area contributed by atoms with Gasteiger partial charge in [-0.25, -0.2) is 4.79 Å². The quantitative estimate of drug-likeness (QED) is 0.744. The summed E-state index contributed by atoms with van der Waals surface area (Å²) in [4.78, 5) is 14.0. The van der Waals surface area contributed by atoms with Gasteiger partial charge in [0.1, 0.15) is 6.04 Å². The van der Waals surface area contributed by atoms with Crippen molar-refractivity contribution in [2.75, 3.05) is 33.8 Å². The Kier molecular flexibility index (Phi) is 6.39. The number of likely N-dealkylation sites (N-methyl/N-ethyl adjacent to an activating group) is 1. The van der Waals surface area contributed by atoms with Gasteiger partial charge in [-0.3, -0.25) is 5.32 Å². The van der Waals surface area contributed by atoms with Crippen molar-refractivity contribution in [1.82, 2.24) is 10.2 Å². The molecule has 4 nitrogen and oxygen atoms in total. The summed E-state index contributed by atoms with van der Waals surface area (Å²) in [5.74, 6) is -0.220. The third-order valence-corrected chi connectivity index (χ3v) is 2.56. The number of carbonyl (C=O) groups excluding carboxylic acids is 1. The van der Waals surface area contributed by atoms with E-state index in [4.69, 9.17) is 4.74 Å². The molecule has 1 rings (SSSR count). The third-order valence-electron chi connectivity index (χ3n) is 2.56. The largest absolute Gasteiger partial charge is 0.465 e. The van der Waals surface area contributed by atoms with E-state index in [1.54, 1.807) is 0 Å². The van der Waals surface area contributed by atoms with Crippen LogP contribution in [0.15, 0.2) is 30.3 Å². The van der Waals surface area contributed by atoms with Crippen molar-refractivity contribution in [3.8, 4) is 0 Å². The smallest absolute Gasteiger partial charge is 0.327 e. The predicted molar refractivity (Wildman–Crippen MR) is 72.4 cm³/mol. The maximum absolute atomic E-state index is 11.9. The maximum atomic E-state index is 11.9. The lowest BCUT2D eigenvalue weighted by molar-refractivity contribution is -0.145. The average molecular weight is 250 g/mol. The summed E-state index contributed by atoms with van der Waals surface area (Å²) < 4.78 is 5.10. The average Bonchev–Trinajstić information content (AvgIpc) is 2.35. The van der Waals surface area contributed by atoms with Crippen molar-refractivity contribution < 1.29 is 9.53 Å². The van der Waals surface area contributed by atoms with Gasteiger partial charge in [0.25, 0.3) is 0 Å². The molecule has 0 aliphatic carbocycles. The van der Waals surface area contributed by atoms with Crippen LogP contribution in [0.25, 0.3) is 0 Å². The first-order valence-electron chi connectivity index (χ1n) is 6.24. The summed E-state index contributed by atoms with van der Waals surface area (Å²) in [6.45, 7) is 3.84. The van der Waals surface area contributed by atoms with Crippen molar-refractivity contribution in [1.29, 1.82) is 0 Å². The first kappa shape index (κ1) is 14.7. The van der Waals surface area contributed by atoms with Crippen LogP contribution in [0.2, 0.25) is 0 Å². The van der Waals surface area contributed by atoms with E-state index in [9.17, 15) is 4.79 Å². The van der Waals surface area contributed by atoms with E-state index in [0.717, 1.165) is 18.7 Å². The van der Waals surface area contributed by atoms with Gasteiger partial charge in [0.2, 0.25) is 0 Å². The molecule has 100 valence electrons. The van der Waals surface area contributed by atoms with Gasteiger partial charge < -0.3 is 9.64 Å². The van der Waals surface area contributed by atoms with Gasteiger partial charge in [0, 0.05) is 13.1 Å². The van der Waals surface area contributed by atoms with E-state index < -0.39 is 0 Å². The molecule has 0 aromatic heterocycles. The lowest BCUT2D eigenvalue weighted by Gasteiger charge is -2.19. The Balaban J connectivity index is 2.66. The highest BCUT2D eigenvalue weighted by Gasteiger charge is 2.20. The van der Waals surface area contributed by atoms with Gasteiger partial charge in [-0.1, -0.05) is 30.3 Å². The zero-order chi connectivity index (χ0) is 13.4. The fourth-order valence-electron chi connectivity index (χ4n) is 1.64. The van der Waals surface area contributed by atoms with Crippen LogP contribution in [0.4, 0.5) is 0 Å². The summed E-state index contributed by atoms with van der Waals surface area (Å²) in [6, 6.07) is 9.27. The molecule has 1 unspecified atom stereocenters. The summed E-state index contributed by atoms with van der Waals surface area (Å²) in [5, 5.41) is 3.24. The molecular weight excluding hydrogens is 228 g/mol. The SMILES string of the molecule is CCOC(=O)C(NCCN(C)C)c1ccccc1. The van der Waals surface area contributed by atoms with Crippen LogP contribution in [-0.4, -0.2) is 44.7 Å². The Hall–Kier alpha value is -1.39. The van der Waals surface area contributed by atoms with E-state index in [-0.39, 0.29) is 12.0 Å². The molecule has 0 saturated heterocycles. The van der Waals surface area contributed by atoms with Gasteiger partial charge in [0.05, 0.1) is 6.61 Å². The minimum Gasteiger partial charge on any atom is -0.465 e. The lowest BCUT2D eigenvalue weighted by Crippen LogP contribution is -2.34. The van der Waals surface area contributed by atoms with Gasteiger partial charge in [-0.05, 0) is 26.6 Å². The lowest BCUT2D eigenvalue weighted by atomic mass is 10.1. The summed E-state index contributed by atoms with van der Waals surface area (Å²) in [5.41, 5.74) is 0.940. The Morgan fingerprint density at radius 1 is 1.33 bits per heavy atom. The molecule has 1 aromatic rings. The number of hydrogen-bond donors (Lipinski definition) is 1. The molecule has 1 N–H and O–H groups in total. The van der Waals surface area contributed by atoms with E-state index in [0.29, 0.717) is 6.61 Å². The van der Waals surface area contributed by atoms with E-state index >= 15 is 0 Å². The molecule has 0 saturated carbocycles. The summed E-state index contributed by atoms with van der Waals surface area (Å²) in [7, 11) is 4.01. The molecule has 1 atom stereocenters. The van der Waals surface area contributed by atoms with E-state index in [1.165, 1.54) is 0 Å². The zero-order valence-corrected chi connectivity index (χ0v) is 11.3. The number of esters is 1. The monoisotopic (exact) mass is 250 g/mol. The molecule has 0 spiro atoms. The standard InChI is InChI=1S/C14H22N2O2/c1-4-18-14(17)13(15-10-11-16(2)3)12-8-6-5-7-9-12/h5-9,13,15H,4,10-11H2,1-3H3. The van der Waals surface area contributed by atoms with Crippen molar-refractivity contribution in [3.63, 3.8) is 0 Å². The van der Waals surface area contributed by atoms with Crippen LogP contribution in [-0.2, 0) is 9.53 Å². The van der Waals surface area contributed by atoms with Crippen molar-refractivity contribution in [2.45, 2.75) is 13.0 Å². The normalized spacial score (nSPS) is 12.4. The fourth-order valence-corrected chi connectivity index (χ4v) is 1.64. The molecule has 18 heavy (non-hydrogen) atoms. The molecule has 0 bridgehead atoms. The van der Waals surface area contributed by atoms with Crippen LogP contribution in [0.3, 0.4) is 0 Å². The molecule has 1 aromatic carbocycles. The van der Waals surface area contributed by atoms with E-state index in [1.807, 2.05) is 51.4 Å². The Labute approximate surface area is 109 Å². The number of benzene rings is 1. The molecular formula is C14H22N2O2. The number of nitrogens with one attached hydrogen (secondary N) is 1. The topological polar surface area (TPSA) is 41.6 Å². The number of rotatable bonds is 7. The second-order valence-electron chi connectivity index (χ2n) is 4.35. The minimum atomic E-state index is -0.383. The Bertz CT molecular complexity index is 352. The Morgan fingerprint density at radius 2 is 2.00 bits per heavy atom. The van der Waals surface area contributed by atoms with E-state index in [2.05, 4.69) is 10.2 Å². The highest BCUT2D eigenvalue weighted by molar-refractivity contribution is 5.77. The second-order valence-corrected chi connectivity index (χ2v) is 4.35.